The Balaban J connectivity index is 0.00000243. The number of ether oxygens (including phenoxy) is 1. The average Bonchev–Trinajstić information content (AvgIpc) is 3.17. The third-order valence-corrected chi connectivity index (χ3v) is 5.06. The number of amides is 2. The first-order valence-corrected chi connectivity index (χ1v) is 9.21. The van der Waals surface area contributed by atoms with Gasteiger partial charge in [-0.05, 0) is 50.3 Å². The molecule has 0 saturated carbocycles. The summed E-state index contributed by atoms with van der Waals surface area (Å²) < 4.78 is 5.03. The number of benzene rings is 1. The summed E-state index contributed by atoms with van der Waals surface area (Å²) in [5.41, 5.74) is 1.91. The molecule has 2 saturated heterocycles. The molecule has 0 bridgehead atoms. The molecule has 2 fully saturated rings. The lowest BCUT2D eigenvalue weighted by atomic mass is 9.92. The predicted molar refractivity (Wildman–Crippen MR) is 103 cm³/mol. The second-order valence-electron chi connectivity index (χ2n) is 6.71. The molecule has 2 aliphatic rings. The lowest BCUT2D eigenvalue weighted by Gasteiger charge is -2.31. The van der Waals surface area contributed by atoms with Crippen molar-refractivity contribution in [3.8, 4) is 0 Å². The Hall–Kier alpha value is -1.79. The topological polar surface area (TPSA) is 70.7 Å². The van der Waals surface area contributed by atoms with E-state index in [9.17, 15) is 9.59 Å². The van der Waals surface area contributed by atoms with E-state index in [1.54, 1.807) is 4.90 Å². The minimum Gasteiger partial charge on any atom is -0.450 e. The summed E-state index contributed by atoms with van der Waals surface area (Å²) >= 11 is 0. The van der Waals surface area contributed by atoms with Gasteiger partial charge in [-0.3, -0.25) is 4.79 Å². The predicted octanol–water partition coefficient (Wildman–Crippen LogP) is 2.54. The number of likely N-dealkylation sites (tertiary alicyclic amines) is 1. The van der Waals surface area contributed by atoms with Crippen molar-refractivity contribution in [2.24, 2.45) is 0 Å². The molecule has 144 valence electrons. The molecule has 2 N–H and O–H groups in total. The lowest BCUT2D eigenvalue weighted by molar-refractivity contribution is 0.0859. The van der Waals surface area contributed by atoms with E-state index in [2.05, 4.69) is 16.7 Å². The van der Waals surface area contributed by atoms with Gasteiger partial charge in [0.25, 0.3) is 5.91 Å². The van der Waals surface area contributed by atoms with Crippen molar-refractivity contribution in [1.29, 1.82) is 0 Å². The van der Waals surface area contributed by atoms with E-state index in [0.717, 1.165) is 43.5 Å². The molecule has 2 aliphatic heterocycles. The van der Waals surface area contributed by atoms with E-state index < -0.39 is 0 Å². The fraction of sp³-hybridized carbons (Fsp3) is 0.579. The minimum atomic E-state index is -0.258. The smallest absolute Gasteiger partial charge is 0.409 e. The first-order valence-electron chi connectivity index (χ1n) is 9.21. The zero-order valence-corrected chi connectivity index (χ0v) is 16.0. The molecular weight excluding hydrogens is 354 g/mol. The molecule has 0 aliphatic carbocycles. The molecule has 1 atom stereocenters. The number of hydrogen-bond acceptors (Lipinski definition) is 4. The van der Waals surface area contributed by atoms with Gasteiger partial charge < -0.3 is 20.3 Å². The van der Waals surface area contributed by atoms with Crippen LogP contribution in [0.3, 0.4) is 0 Å². The van der Waals surface area contributed by atoms with E-state index in [-0.39, 0.29) is 30.4 Å². The Labute approximate surface area is 161 Å². The van der Waals surface area contributed by atoms with E-state index in [0.29, 0.717) is 25.6 Å². The molecule has 0 spiro atoms. The fourth-order valence-electron chi connectivity index (χ4n) is 3.66. The van der Waals surface area contributed by atoms with Gasteiger partial charge >= 0.3 is 6.09 Å². The van der Waals surface area contributed by atoms with Crippen LogP contribution in [0.25, 0.3) is 0 Å². The van der Waals surface area contributed by atoms with Gasteiger partial charge in [0.05, 0.1) is 6.61 Å². The summed E-state index contributed by atoms with van der Waals surface area (Å²) in [6.45, 7) is 5.38. The van der Waals surface area contributed by atoms with Crippen LogP contribution in [0.5, 0.6) is 0 Å². The third-order valence-electron chi connectivity index (χ3n) is 5.06. The van der Waals surface area contributed by atoms with E-state index in [4.69, 9.17) is 4.74 Å². The summed E-state index contributed by atoms with van der Waals surface area (Å²) in [7, 11) is 0. The van der Waals surface area contributed by atoms with Crippen LogP contribution < -0.4 is 10.6 Å². The number of rotatable bonds is 4. The van der Waals surface area contributed by atoms with Gasteiger partial charge in [-0.25, -0.2) is 4.79 Å². The van der Waals surface area contributed by atoms with Gasteiger partial charge in [-0.15, -0.1) is 12.4 Å². The zero-order valence-electron chi connectivity index (χ0n) is 15.2. The molecule has 3 rings (SSSR count). The molecule has 1 aromatic carbocycles. The molecular formula is C19H28ClN3O3. The number of nitrogens with one attached hydrogen (secondary N) is 2. The SMILES string of the molecule is CCOC(=O)N1CCC(NC(=O)c2ccccc2C2CCNC2)CC1.Cl. The van der Waals surface area contributed by atoms with Crippen molar-refractivity contribution in [1.82, 2.24) is 15.5 Å². The highest BCUT2D eigenvalue weighted by Gasteiger charge is 2.27. The minimum absolute atomic E-state index is 0. The van der Waals surface area contributed by atoms with Gasteiger partial charge in [0.1, 0.15) is 0 Å². The standard InChI is InChI=1S/C19H27N3O3.ClH/c1-2-25-19(24)22-11-8-15(9-12-22)21-18(23)17-6-4-3-5-16(17)14-7-10-20-13-14;/h3-6,14-15,20H,2,7-13H2,1H3,(H,21,23);1H. The van der Waals surface area contributed by atoms with Gasteiger partial charge in [0.2, 0.25) is 0 Å². The highest BCUT2D eigenvalue weighted by Crippen LogP contribution is 2.26. The molecule has 7 heteroatoms. The number of piperidine rings is 1. The first kappa shape index (κ1) is 20.5. The second kappa shape index (κ2) is 9.78. The van der Waals surface area contributed by atoms with Gasteiger partial charge in [-0.2, -0.15) is 0 Å². The third kappa shape index (κ3) is 4.89. The summed E-state index contributed by atoms with van der Waals surface area (Å²) in [5.74, 6) is 0.407. The summed E-state index contributed by atoms with van der Waals surface area (Å²) in [4.78, 5) is 26.2. The van der Waals surface area contributed by atoms with Crippen LogP contribution in [-0.4, -0.2) is 55.7 Å². The molecule has 6 nitrogen and oxygen atoms in total. The quantitative estimate of drug-likeness (QED) is 0.840. The van der Waals surface area contributed by atoms with Gasteiger partial charge in [-0.1, -0.05) is 18.2 Å². The van der Waals surface area contributed by atoms with Crippen molar-refractivity contribution in [2.75, 3.05) is 32.8 Å². The molecule has 1 unspecified atom stereocenters. The Kier molecular flexibility index (Phi) is 7.72. The van der Waals surface area contributed by atoms with Gasteiger partial charge in [0.15, 0.2) is 0 Å². The first-order chi connectivity index (χ1) is 12.2. The van der Waals surface area contributed by atoms with Crippen LogP contribution in [0.2, 0.25) is 0 Å². The van der Waals surface area contributed by atoms with Gasteiger partial charge in [0, 0.05) is 31.2 Å². The molecule has 2 amide bonds. The van der Waals surface area contributed by atoms with Crippen molar-refractivity contribution in [3.63, 3.8) is 0 Å². The van der Waals surface area contributed by atoms with Crippen molar-refractivity contribution in [2.45, 2.75) is 38.1 Å². The molecule has 0 aromatic heterocycles. The number of carbonyl (C=O) groups excluding carboxylic acids is 2. The van der Waals surface area contributed by atoms with Crippen LogP contribution in [0, 0.1) is 0 Å². The maximum absolute atomic E-state index is 12.8. The van der Waals surface area contributed by atoms with Crippen molar-refractivity contribution in [3.05, 3.63) is 35.4 Å². The highest BCUT2D eigenvalue weighted by molar-refractivity contribution is 5.96. The average molecular weight is 382 g/mol. The Morgan fingerprint density at radius 2 is 1.96 bits per heavy atom. The monoisotopic (exact) mass is 381 g/mol. The Morgan fingerprint density at radius 1 is 1.23 bits per heavy atom. The highest BCUT2D eigenvalue weighted by atomic mass is 35.5. The van der Waals surface area contributed by atoms with E-state index in [1.807, 2.05) is 25.1 Å². The molecule has 1 aromatic rings. The normalized spacial score (nSPS) is 20.3. The van der Waals surface area contributed by atoms with Crippen LogP contribution in [0.4, 0.5) is 4.79 Å². The maximum atomic E-state index is 12.8. The summed E-state index contributed by atoms with van der Waals surface area (Å²) in [6, 6.07) is 8.01. The van der Waals surface area contributed by atoms with Crippen LogP contribution in [0.15, 0.2) is 24.3 Å². The summed E-state index contributed by atoms with van der Waals surface area (Å²) in [6.07, 6.45) is 2.34. The number of halogens is 1. The lowest BCUT2D eigenvalue weighted by Crippen LogP contribution is -2.46. The van der Waals surface area contributed by atoms with Crippen LogP contribution >= 0.6 is 12.4 Å². The number of nitrogens with zero attached hydrogens (tertiary/aromatic N) is 1. The number of carbonyl (C=O) groups is 2. The van der Waals surface area contributed by atoms with E-state index in [1.165, 1.54) is 0 Å². The summed E-state index contributed by atoms with van der Waals surface area (Å²) in [5, 5.41) is 6.52. The Morgan fingerprint density at radius 3 is 2.62 bits per heavy atom. The fourth-order valence-corrected chi connectivity index (χ4v) is 3.66. The maximum Gasteiger partial charge on any atom is 0.409 e. The van der Waals surface area contributed by atoms with Crippen molar-refractivity contribution >= 4 is 24.4 Å². The Bertz CT molecular complexity index is 612. The second-order valence-corrected chi connectivity index (χ2v) is 6.71. The number of hydrogen-bond donors (Lipinski definition) is 2. The molecule has 26 heavy (non-hydrogen) atoms. The largest absolute Gasteiger partial charge is 0.450 e. The van der Waals surface area contributed by atoms with Crippen LogP contribution in [0.1, 0.15) is 48.0 Å². The zero-order chi connectivity index (χ0) is 17.6. The van der Waals surface area contributed by atoms with E-state index >= 15 is 0 Å². The molecule has 2 heterocycles. The molecule has 0 radical (unpaired) electrons. The van der Waals surface area contributed by atoms with Crippen LogP contribution in [-0.2, 0) is 4.74 Å². The van der Waals surface area contributed by atoms with Crippen molar-refractivity contribution < 1.29 is 14.3 Å².